The fourth-order valence-corrected chi connectivity index (χ4v) is 8.72. The van der Waals surface area contributed by atoms with E-state index in [1.54, 1.807) is 13.3 Å². The van der Waals surface area contributed by atoms with Crippen molar-refractivity contribution in [3.05, 3.63) is 101 Å². The minimum absolute atomic E-state index is 0.0195. The highest BCUT2D eigenvalue weighted by Crippen LogP contribution is 2.34. The molecule has 3 aromatic rings. The number of nitrogens with zero attached hydrogens (tertiary/aromatic N) is 3. The fourth-order valence-electron chi connectivity index (χ4n) is 8.72. The van der Waals surface area contributed by atoms with Gasteiger partial charge in [0.15, 0.2) is 0 Å². The van der Waals surface area contributed by atoms with Crippen LogP contribution in [0.15, 0.2) is 79.1 Å². The number of piperazine rings is 1. The summed E-state index contributed by atoms with van der Waals surface area (Å²) in [6.07, 6.45) is 2.38. The molecule has 2 aliphatic rings. The Bertz CT molecular complexity index is 2060. The van der Waals surface area contributed by atoms with E-state index in [1.165, 1.54) is 0 Å². The van der Waals surface area contributed by atoms with E-state index in [1.807, 2.05) is 98.6 Å². The van der Waals surface area contributed by atoms with Gasteiger partial charge >= 0.3 is 11.9 Å². The standard InChI is InChI=1S/C55H81N5O14/c1-55(2,3)58-54(65)48-41-59(39-43-13-10-18-56-38-43)19-20-60(48)40-46(61)36-45(35-42-11-6-5-7-12-42)53(64)57-52-47-15-9-8-14-44(47)37-49(52)74-51(63)17-16-50(62)73-34-33-72-32-31-71-30-29-70-28-27-69-26-25-68-24-23-67-22-21-66-4/h5-15,18,38,45-46,48-49,52,61H,16-17,19-37,39-41H2,1-4H3,(H,57,64)(H,58,65)/t45-,46+,48+,49-,52+/m1/s1. The van der Waals surface area contributed by atoms with Gasteiger partial charge in [-0.3, -0.25) is 34.0 Å². The number of nitrogens with one attached hydrogen (secondary N) is 2. The van der Waals surface area contributed by atoms with Gasteiger partial charge in [-0.05, 0) is 61.9 Å². The summed E-state index contributed by atoms with van der Waals surface area (Å²) >= 11 is 0. The summed E-state index contributed by atoms with van der Waals surface area (Å²) in [5, 5.41) is 18.1. The van der Waals surface area contributed by atoms with Crippen molar-refractivity contribution in [1.29, 1.82) is 0 Å². The highest BCUT2D eigenvalue weighted by molar-refractivity contribution is 5.83. The second-order valence-corrected chi connectivity index (χ2v) is 19.4. The first-order chi connectivity index (χ1) is 35.9. The molecule has 0 bridgehead atoms. The van der Waals surface area contributed by atoms with Gasteiger partial charge in [0, 0.05) is 70.1 Å². The first kappa shape index (κ1) is 59.9. The molecule has 1 aromatic heterocycles. The molecule has 74 heavy (non-hydrogen) atoms. The lowest BCUT2D eigenvalue weighted by Crippen LogP contribution is -2.61. The second-order valence-electron chi connectivity index (χ2n) is 19.4. The van der Waals surface area contributed by atoms with Crippen LogP contribution >= 0.6 is 0 Å². The molecule has 19 nitrogen and oxygen atoms in total. The summed E-state index contributed by atoms with van der Waals surface area (Å²) in [6.45, 7) is 14.0. The summed E-state index contributed by atoms with van der Waals surface area (Å²) in [4.78, 5) is 62.6. The number of aromatic nitrogens is 1. The summed E-state index contributed by atoms with van der Waals surface area (Å²) in [6, 6.07) is 20.0. The van der Waals surface area contributed by atoms with Crippen LogP contribution in [-0.4, -0.2) is 193 Å². The number of hydrogen-bond donors (Lipinski definition) is 3. The molecule has 19 heteroatoms. The Kier molecular flexibility index (Phi) is 27.4. The zero-order valence-electron chi connectivity index (χ0n) is 44.0. The van der Waals surface area contributed by atoms with Crippen LogP contribution in [0, 0.1) is 5.92 Å². The van der Waals surface area contributed by atoms with Gasteiger partial charge in [0.05, 0.1) is 111 Å². The number of ether oxygens (including phenoxy) is 9. The number of aliphatic hydroxyl groups is 1. The van der Waals surface area contributed by atoms with E-state index in [-0.39, 0.29) is 50.8 Å². The monoisotopic (exact) mass is 1040 g/mol. The third kappa shape index (κ3) is 23.3. The number of carbonyl (C=O) groups excluding carboxylic acids is 4. The highest BCUT2D eigenvalue weighted by atomic mass is 16.6. The van der Waals surface area contributed by atoms with E-state index in [2.05, 4.69) is 20.5 Å². The van der Waals surface area contributed by atoms with E-state index < -0.39 is 47.7 Å². The Morgan fingerprint density at radius 3 is 1.91 bits per heavy atom. The van der Waals surface area contributed by atoms with Gasteiger partial charge < -0.3 is 58.4 Å². The molecule has 2 amide bonds. The van der Waals surface area contributed by atoms with Crippen molar-refractivity contribution < 1.29 is 66.9 Å². The van der Waals surface area contributed by atoms with Gasteiger partial charge in [-0.1, -0.05) is 60.7 Å². The molecule has 3 N–H and O–H groups in total. The van der Waals surface area contributed by atoms with Gasteiger partial charge in [0.25, 0.3) is 0 Å². The molecule has 0 radical (unpaired) electrons. The molecule has 1 saturated heterocycles. The largest absolute Gasteiger partial charge is 0.463 e. The summed E-state index contributed by atoms with van der Waals surface area (Å²) in [5.74, 6) is -2.22. The average Bonchev–Trinajstić information content (AvgIpc) is 3.72. The Morgan fingerprint density at radius 1 is 0.716 bits per heavy atom. The maximum Gasteiger partial charge on any atom is 0.306 e. The van der Waals surface area contributed by atoms with Crippen molar-refractivity contribution in [3.8, 4) is 0 Å². The first-order valence-electron chi connectivity index (χ1n) is 26.0. The summed E-state index contributed by atoms with van der Waals surface area (Å²) < 4.78 is 48.9. The number of methoxy groups -OCH3 is 1. The molecule has 1 fully saturated rings. The van der Waals surface area contributed by atoms with Gasteiger partial charge in [-0.25, -0.2) is 0 Å². The van der Waals surface area contributed by atoms with Gasteiger partial charge in [-0.2, -0.15) is 0 Å². The van der Waals surface area contributed by atoms with Crippen molar-refractivity contribution in [3.63, 3.8) is 0 Å². The summed E-state index contributed by atoms with van der Waals surface area (Å²) in [7, 11) is 1.63. The topological polar surface area (TPSA) is 215 Å². The van der Waals surface area contributed by atoms with E-state index in [0.717, 1.165) is 22.3 Å². The minimum atomic E-state index is -0.942. The smallest absolute Gasteiger partial charge is 0.306 e. The molecule has 410 valence electrons. The molecule has 1 aliphatic carbocycles. The Labute approximate surface area is 437 Å². The van der Waals surface area contributed by atoms with Crippen molar-refractivity contribution in [2.75, 3.05) is 126 Å². The molecule has 0 saturated carbocycles. The molecule has 0 unspecified atom stereocenters. The SMILES string of the molecule is COCCOCCOCCOCCOCCOCCOCCOC(=O)CCC(=O)O[C@@H]1Cc2ccccc2[C@@H]1NC(=O)[C@H](Cc1ccccc1)C[C@H](O)CN1CCN(Cc2cccnc2)C[C@H]1C(=O)NC(C)(C)C. The van der Waals surface area contributed by atoms with Crippen LogP contribution in [0.25, 0.3) is 0 Å². The predicted molar refractivity (Wildman–Crippen MR) is 275 cm³/mol. The number of β-amino-alcohol motifs (C(OH)–C–C–N with tert-alkyl or cyclic N) is 1. The van der Waals surface area contributed by atoms with Crippen molar-refractivity contribution >= 4 is 23.8 Å². The van der Waals surface area contributed by atoms with E-state index in [9.17, 15) is 24.3 Å². The molecule has 5 rings (SSSR count). The zero-order valence-corrected chi connectivity index (χ0v) is 44.0. The fraction of sp³-hybridized carbons (Fsp3) is 0.618. The third-order valence-corrected chi connectivity index (χ3v) is 12.3. The van der Waals surface area contributed by atoms with Crippen LogP contribution in [0.3, 0.4) is 0 Å². The Hall–Kier alpha value is -4.93. The van der Waals surface area contributed by atoms with E-state index >= 15 is 0 Å². The highest BCUT2D eigenvalue weighted by Gasteiger charge is 2.39. The van der Waals surface area contributed by atoms with E-state index in [0.29, 0.717) is 118 Å². The quantitative estimate of drug-likeness (QED) is 0.0562. The predicted octanol–water partition coefficient (Wildman–Crippen LogP) is 3.49. The molecule has 2 aromatic carbocycles. The molecular formula is C55H81N5O14. The lowest BCUT2D eigenvalue weighted by molar-refractivity contribution is -0.155. The van der Waals surface area contributed by atoms with Crippen LogP contribution < -0.4 is 10.6 Å². The lowest BCUT2D eigenvalue weighted by atomic mass is 9.91. The number of carbonyl (C=O) groups is 4. The van der Waals surface area contributed by atoms with E-state index in [4.69, 9.17) is 42.6 Å². The first-order valence-corrected chi connectivity index (χ1v) is 26.0. The number of hydrogen-bond acceptors (Lipinski definition) is 17. The third-order valence-electron chi connectivity index (χ3n) is 12.3. The Morgan fingerprint density at radius 2 is 1.30 bits per heavy atom. The minimum Gasteiger partial charge on any atom is -0.463 e. The van der Waals surface area contributed by atoms with Crippen molar-refractivity contribution in [1.82, 2.24) is 25.4 Å². The van der Waals surface area contributed by atoms with Crippen LogP contribution in [0.4, 0.5) is 0 Å². The number of amides is 2. The van der Waals surface area contributed by atoms with Gasteiger partial charge in [-0.15, -0.1) is 0 Å². The molecule has 2 heterocycles. The van der Waals surface area contributed by atoms with Crippen molar-refractivity contribution in [2.45, 2.75) is 89.3 Å². The second kappa shape index (κ2) is 33.9. The molecular weight excluding hydrogens is 955 g/mol. The Balaban J connectivity index is 1.02. The van der Waals surface area contributed by atoms with Crippen molar-refractivity contribution in [2.24, 2.45) is 5.92 Å². The van der Waals surface area contributed by atoms with Gasteiger partial charge in [0.2, 0.25) is 11.8 Å². The number of fused-ring (bicyclic) bond motifs is 1. The van der Waals surface area contributed by atoms with Gasteiger partial charge in [0.1, 0.15) is 18.8 Å². The number of esters is 2. The maximum absolute atomic E-state index is 14.5. The van der Waals surface area contributed by atoms with Crippen LogP contribution in [0.2, 0.25) is 0 Å². The lowest BCUT2D eigenvalue weighted by Gasteiger charge is -2.42. The normalized spacial score (nSPS) is 17.8. The zero-order chi connectivity index (χ0) is 52.8. The average molecular weight is 1040 g/mol. The van der Waals surface area contributed by atoms with Crippen LogP contribution in [0.1, 0.15) is 68.3 Å². The number of pyridine rings is 1. The number of aliphatic hydroxyl groups excluding tert-OH is 1. The number of benzene rings is 2. The number of rotatable bonds is 36. The molecule has 5 atom stereocenters. The van der Waals surface area contributed by atoms with Crippen LogP contribution in [-0.2, 0) is 81.2 Å². The molecule has 1 aliphatic heterocycles. The molecule has 0 spiro atoms. The summed E-state index contributed by atoms with van der Waals surface area (Å²) in [5.41, 5.74) is 3.30. The maximum atomic E-state index is 14.5. The van der Waals surface area contributed by atoms with Crippen LogP contribution in [0.5, 0.6) is 0 Å².